The molecule has 8 nitrogen and oxygen atoms in total. The summed E-state index contributed by atoms with van der Waals surface area (Å²) in [6, 6.07) is 29.8. The van der Waals surface area contributed by atoms with Crippen LogP contribution < -0.4 is 5.56 Å². The maximum absolute atomic E-state index is 13.9. The van der Waals surface area contributed by atoms with Crippen LogP contribution in [0.2, 0.25) is 0 Å². The number of hydrogen-bond acceptors (Lipinski definition) is 7. The van der Waals surface area contributed by atoms with E-state index < -0.39 is 86.7 Å². The number of aromatic amines is 1. The molecule has 0 saturated heterocycles. The number of allylic oxidation sites excluding steroid dienone is 4. The molecule has 0 amide bonds. The van der Waals surface area contributed by atoms with Crippen LogP contribution in [0.4, 0.5) is 55.3 Å². The van der Waals surface area contributed by atoms with E-state index in [-0.39, 0.29) is 104 Å². The van der Waals surface area contributed by atoms with Gasteiger partial charge in [-0.15, -0.1) is 24.8 Å². The van der Waals surface area contributed by atoms with Gasteiger partial charge in [-0.1, -0.05) is 109 Å². The number of carbonyl (C=O) groups excluding carboxylic acids is 3. The average Bonchev–Trinajstić information content (AvgIpc) is 3.36. The number of ketones is 3. The Morgan fingerprint density at radius 2 is 0.986 bits per heavy atom. The number of benzene rings is 5. The summed E-state index contributed by atoms with van der Waals surface area (Å²) in [6.07, 6.45) is 5.65. The molecule has 0 atom stereocenters. The molecule has 0 fully saturated rings. The number of nitrogens with zero attached hydrogens (tertiary/aromatic N) is 3. The Morgan fingerprint density at radius 3 is 1.46 bits per heavy atom. The number of H-pyrrole nitrogens is 1. The maximum atomic E-state index is 13.9. The number of pyridine rings is 2. The molecule has 22 heteroatoms. The van der Waals surface area contributed by atoms with Gasteiger partial charge in [0.2, 0.25) is 23.2 Å². The number of halogens is 12. The third-order valence-corrected chi connectivity index (χ3v) is 9.93. The van der Waals surface area contributed by atoms with Gasteiger partial charge in [-0.2, -0.15) is 0 Å². The number of Topliss-reactive ketones (excluding diaryl/α,β-unsaturated/α-hetero) is 3. The number of nitrogens with one attached hydrogen (secondary N) is 1. The van der Waals surface area contributed by atoms with E-state index in [1.807, 2.05) is 0 Å². The molecular formula is C50H28Cl2CuF10N4NiO4. The third kappa shape index (κ3) is 12.5. The van der Waals surface area contributed by atoms with E-state index in [4.69, 9.17) is 0 Å². The van der Waals surface area contributed by atoms with Crippen LogP contribution in [0.25, 0.3) is 39.2 Å². The summed E-state index contributed by atoms with van der Waals surface area (Å²) in [7, 11) is 0. The molecule has 0 saturated carbocycles. The van der Waals surface area contributed by atoms with Gasteiger partial charge in [0.1, 0.15) is 17.1 Å². The van der Waals surface area contributed by atoms with Crippen LogP contribution >= 0.6 is 24.8 Å². The fourth-order valence-corrected chi connectivity index (χ4v) is 6.63. The maximum Gasteiger partial charge on any atom is 0.257 e. The van der Waals surface area contributed by atoms with Gasteiger partial charge >= 0.3 is 0 Å². The second-order valence-corrected chi connectivity index (χ2v) is 14.2. The van der Waals surface area contributed by atoms with Crippen LogP contribution in [0.1, 0.15) is 32.8 Å². The summed E-state index contributed by atoms with van der Waals surface area (Å²) >= 11 is 0. The van der Waals surface area contributed by atoms with Crippen LogP contribution in [0, 0.1) is 58.2 Å². The molecule has 2 aromatic heterocycles. The first-order valence-corrected chi connectivity index (χ1v) is 19.6. The van der Waals surface area contributed by atoms with Gasteiger partial charge in [0.25, 0.3) is 5.56 Å². The van der Waals surface area contributed by atoms with E-state index in [1.165, 1.54) is 18.2 Å². The van der Waals surface area contributed by atoms with Crippen molar-refractivity contribution in [1.29, 1.82) is 0 Å². The Kier molecular flexibility index (Phi) is 21.3. The second kappa shape index (κ2) is 25.9. The first-order chi connectivity index (χ1) is 32.6. The number of hydrogen-bond donors (Lipinski definition) is 1. The monoisotopic (exact) mass is 1130 g/mol. The molecule has 2 heterocycles. The van der Waals surface area contributed by atoms with E-state index >= 15 is 0 Å². The molecule has 0 spiro atoms. The van der Waals surface area contributed by atoms with Crippen molar-refractivity contribution in [1.82, 2.24) is 9.97 Å². The molecule has 1 N–H and O–H groups in total. The largest absolute Gasteiger partial charge is 0.321 e. The van der Waals surface area contributed by atoms with Crippen molar-refractivity contribution >= 4 is 71.5 Å². The Balaban J connectivity index is 0.000000360. The molecule has 377 valence electrons. The number of aliphatic imine (C=N–C) groups is 2. The molecule has 0 bridgehead atoms. The number of rotatable bonds is 10. The SMILES string of the molecule is Cl.Cl.O=C(C=Nc1c(F)c(F)c(F)c(F)c1F)c1cc(-c2ccccc2)[nH]c(=O)c1-c1ccccc1.O=C1CC=CC=C1c1ccc(-c2ccccc2)nc1C(=O)C=Nc1c(F)c(F)c(F)c(F)c1F.[Cu].[Ni]. The molecule has 1 aliphatic rings. The van der Waals surface area contributed by atoms with Crippen molar-refractivity contribution in [3.8, 4) is 33.6 Å². The van der Waals surface area contributed by atoms with Gasteiger partial charge in [-0.3, -0.25) is 19.2 Å². The average molecular weight is 1130 g/mol. The van der Waals surface area contributed by atoms with E-state index in [0.29, 0.717) is 34.8 Å². The normalized spacial score (nSPS) is 11.6. The summed E-state index contributed by atoms with van der Waals surface area (Å²) in [4.78, 5) is 64.7. The van der Waals surface area contributed by atoms with Crippen molar-refractivity contribution in [3.63, 3.8) is 0 Å². The van der Waals surface area contributed by atoms with Crippen molar-refractivity contribution in [2.75, 3.05) is 0 Å². The first-order valence-electron chi connectivity index (χ1n) is 19.6. The van der Waals surface area contributed by atoms with Gasteiger partial charge in [-0.05, 0) is 29.3 Å². The van der Waals surface area contributed by atoms with Gasteiger partial charge in [-0.25, -0.2) is 58.9 Å². The number of aromatic nitrogens is 2. The number of carbonyl (C=O) groups is 3. The molecular weight excluding hydrogens is 1100 g/mol. The molecule has 1 radical (unpaired) electrons. The van der Waals surface area contributed by atoms with Crippen LogP contribution in [-0.2, 0) is 38.4 Å². The Hall–Kier alpha value is -7.08. The predicted octanol–water partition coefficient (Wildman–Crippen LogP) is 12.8. The summed E-state index contributed by atoms with van der Waals surface area (Å²) in [5.41, 5.74) is -1.61. The van der Waals surface area contributed by atoms with Crippen LogP contribution in [0.3, 0.4) is 0 Å². The third-order valence-electron chi connectivity index (χ3n) is 9.93. The minimum absolute atomic E-state index is 0. The van der Waals surface area contributed by atoms with E-state index in [1.54, 1.807) is 109 Å². The van der Waals surface area contributed by atoms with Crippen LogP contribution in [0.5, 0.6) is 0 Å². The zero-order valence-electron chi connectivity index (χ0n) is 35.7. The summed E-state index contributed by atoms with van der Waals surface area (Å²) in [5.74, 6) is -24.4. The van der Waals surface area contributed by atoms with Crippen molar-refractivity contribution in [3.05, 3.63) is 213 Å². The molecule has 5 aromatic carbocycles. The van der Waals surface area contributed by atoms with Gasteiger partial charge in [0, 0.05) is 67.9 Å². The minimum Gasteiger partial charge on any atom is -0.321 e. The fraction of sp³-hybridized carbons (Fsp3) is 0.0200. The molecule has 0 unspecified atom stereocenters. The topological polar surface area (TPSA) is 122 Å². The first kappa shape index (κ1) is 59.2. The Morgan fingerprint density at radius 1 is 0.556 bits per heavy atom. The zero-order chi connectivity index (χ0) is 48.8. The summed E-state index contributed by atoms with van der Waals surface area (Å²) < 4.78 is 136. The van der Waals surface area contributed by atoms with E-state index in [9.17, 15) is 63.1 Å². The smallest absolute Gasteiger partial charge is 0.257 e. The molecule has 7 aromatic rings. The predicted molar refractivity (Wildman–Crippen MR) is 246 cm³/mol. The van der Waals surface area contributed by atoms with E-state index in [0.717, 1.165) is 0 Å². The Labute approximate surface area is 434 Å². The molecule has 8 rings (SSSR count). The second-order valence-electron chi connectivity index (χ2n) is 14.2. The zero-order valence-corrected chi connectivity index (χ0v) is 39.2. The van der Waals surface area contributed by atoms with Crippen molar-refractivity contribution < 1.29 is 91.8 Å². The summed E-state index contributed by atoms with van der Waals surface area (Å²) in [6.45, 7) is 0. The van der Waals surface area contributed by atoms with Crippen LogP contribution in [-0.4, -0.2) is 39.7 Å². The van der Waals surface area contributed by atoms with E-state index in [2.05, 4.69) is 20.0 Å². The fourth-order valence-electron chi connectivity index (χ4n) is 6.63. The quantitative estimate of drug-likeness (QED) is 0.0365. The van der Waals surface area contributed by atoms with Crippen LogP contribution in [0.15, 0.2) is 142 Å². The van der Waals surface area contributed by atoms with Gasteiger partial charge in [0.05, 0.1) is 23.7 Å². The Bertz CT molecular complexity index is 3310. The van der Waals surface area contributed by atoms with Crippen molar-refractivity contribution in [2.24, 2.45) is 9.98 Å². The van der Waals surface area contributed by atoms with Crippen molar-refractivity contribution in [2.45, 2.75) is 6.42 Å². The molecule has 72 heavy (non-hydrogen) atoms. The molecule has 1 aliphatic carbocycles. The standard InChI is InChI=1S/2C25H13F5N2O2.2ClH.Cu.Ni/c26-19-20(27)22(29)24(23(30)21(19)28)31-12-17(33)15-11-16(13-7-3-1-4-8-13)32-25(34)18(15)14-9-5-2-6-10-14;26-19-20(27)22(29)25(23(30)21(19)28)31-12-18(34)24-15(14-8-4-5-9-17(14)33)10-11-16(32-24)13-6-2-1-3-7-13;;;;/h1-12H,(H,32,34);1-8,10-12H,9H2;2*1H;;. The molecule has 0 aliphatic heterocycles. The summed E-state index contributed by atoms with van der Waals surface area (Å²) in [5, 5.41) is 0. The minimum atomic E-state index is -2.34. The van der Waals surface area contributed by atoms with Gasteiger partial charge < -0.3 is 4.98 Å². The van der Waals surface area contributed by atoms with Gasteiger partial charge in [0.15, 0.2) is 52.3 Å².